The van der Waals surface area contributed by atoms with Crippen LogP contribution in [0.1, 0.15) is 5.69 Å². The van der Waals surface area contributed by atoms with Crippen LogP contribution in [0.15, 0.2) is 18.3 Å². The molecule has 2 nitrogen and oxygen atoms in total. The van der Waals surface area contributed by atoms with Gasteiger partial charge in [-0.25, -0.2) is 0 Å². The highest BCUT2D eigenvalue weighted by molar-refractivity contribution is 5.76. The number of fused-ring (bicyclic) bond motifs is 1. The topological polar surface area (TPSA) is 31.6 Å². The Morgan fingerprint density at radius 2 is 2.22 bits per heavy atom. The molecule has 2 aromatic rings. The summed E-state index contributed by atoms with van der Waals surface area (Å²) in [7, 11) is 0. The van der Waals surface area contributed by atoms with Gasteiger partial charge in [0.25, 0.3) is 0 Å². The Bertz CT molecular complexity index is 288. The fraction of sp³-hybridized carbons (Fsp3) is 0.143. The number of rotatable bonds is 0. The summed E-state index contributed by atoms with van der Waals surface area (Å²) < 4.78 is 0. The minimum atomic E-state index is 1.19. The van der Waals surface area contributed by atoms with Crippen molar-refractivity contribution in [3.05, 3.63) is 24.0 Å². The summed E-state index contributed by atoms with van der Waals surface area (Å²) >= 11 is 0. The van der Waals surface area contributed by atoms with E-state index in [0.717, 1.165) is 0 Å². The third kappa shape index (κ3) is 0.560. The molecule has 0 atom stereocenters. The van der Waals surface area contributed by atoms with Crippen molar-refractivity contribution in [2.24, 2.45) is 0 Å². The Hall–Kier alpha value is -1.18. The van der Waals surface area contributed by atoms with Crippen molar-refractivity contribution in [1.82, 2.24) is 9.97 Å². The second-order valence-electron chi connectivity index (χ2n) is 2.26. The molecule has 46 valence electrons. The Labute approximate surface area is 52.9 Å². The van der Waals surface area contributed by atoms with Gasteiger partial charge in [0.2, 0.25) is 0 Å². The molecule has 0 bridgehead atoms. The van der Waals surface area contributed by atoms with Crippen molar-refractivity contribution in [3.63, 3.8) is 0 Å². The summed E-state index contributed by atoms with van der Waals surface area (Å²) in [6.45, 7) is 2.05. The minimum absolute atomic E-state index is 1.19. The van der Waals surface area contributed by atoms with Gasteiger partial charge in [-0.05, 0) is 19.1 Å². The van der Waals surface area contributed by atoms with Gasteiger partial charge in [-0.1, -0.05) is 0 Å². The zero-order valence-corrected chi connectivity index (χ0v) is 5.23. The van der Waals surface area contributed by atoms with Crippen molar-refractivity contribution >= 4 is 11.0 Å². The summed E-state index contributed by atoms with van der Waals surface area (Å²) in [5.41, 5.74) is 3.58. The van der Waals surface area contributed by atoms with Crippen LogP contribution in [0.4, 0.5) is 0 Å². The van der Waals surface area contributed by atoms with E-state index in [-0.39, 0.29) is 0 Å². The molecule has 0 aromatic carbocycles. The molecule has 0 saturated heterocycles. The fourth-order valence-corrected chi connectivity index (χ4v) is 1.08. The molecule has 0 radical (unpaired) electrons. The molecule has 2 rings (SSSR count). The van der Waals surface area contributed by atoms with E-state index in [1.165, 1.54) is 16.7 Å². The van der Waals surface area contributed by atoms with Crippen molar-refractivity contribution in [2.75, 3.05) is 0 Å². The van der Waals surface area contributed by atoms with Gasteiger partial charge in [0, 0.05) is 11.9 Å². The average molecular weight is 120 g/mol. The maximum atomic E-state index is 3.21. The van der Waals surface area contributed by atoms with Gasteiger partial charge in [-0.3, -0.25) is 0 Å². The van der Waals surface area contributed by atoms with Crippen LogP contribution in [0.5, 0.6) is 0 Å². The summed E-state index contributed by atoms with van der Waals surface area (Å²) in [6.07, 6.45) is 1.93. The van der Waals surface area contributed by atoms with E-state index in [9.17, 15) is 0 Å². The van der Waals surface area contributed by atoms with Gasteiger partial charge in [0.05, 0.1) is 11.0 Å². The Kier molecular flexibility index (Phi) is 0.730. The molecule has 2 N–H and O–H groups in total. The van der Waals surface area contributed by atoms with Gasteiger partial charge in [0.15, 0.2) is 0 Å². The maximum Gasteiger partial charge on any atom is 0.0636 e. The highest BCUT2D eigenvalue weighted by Gasteiger charge is 1.93. The smallest absolute Gasteiger partial charge is 0.0636 e. The summed E-state index contributed by atoms with van der Waals surface area (Å²) in [4.78, 5) is 6.32. The molecule has 0 amide bonds. The van der Waals surface area contributed by atoms with Crippen LogP contribution in [0.25, 0.3) is 11.0 Å². The number of H-pyrrole nitrogens is 2. The fourth-order valence-electron chi connectivity index (χ4n) is 1.08. The van der Waals surface area contributed by atoms with Gasteiger partial charge in [-0.15, -0.1) is 0 Å². The molecule has 0 saturated carbocycles. The average Bonchev–Trinajstić information content (AvgIpc) is 2.22. The molecule has 2 heteroatoms. The van der Waals surface area contributed by atoms with E-state index in [0.29, 0.717) is 0 Å². The van der Waals surface area contributed by atoms with Crippen LogP contribution in [0.2, 0.25) is 0 Å². The molecular formula is C7H8N2. The van der Waals surface area contributed by atoms with Gasteiger partial charge in [-0.2, -0.15) is 0 Å². The maximum absolute atomic E-state index is 3.21. The number of nitrogens with one attached hydrogen (secondary N) is 2. The monoisotopic (exact) mass is 120 g/mol. The first-order valence-electron chi connectivity index (χ1n) is 2.99. The Morgan fingerprint density at radius 1 is 1.33 bits per heavy atom. The quantitative estimate of drug-likeness (QED) is 0.531. The van der Waals surface area contributed by atoms with E-state index in [2.05, 4.69) is 16.0 Å². The van der Waals surface area contributed by atoms with Gasteiger partial charge in [0.1, 0.15) is 0 Å². The standard InChI is InChI=1S/C7H8N2/c1-5-4-7-6(9-5)2-3-8-7/h2-4,8-9H,1H3. The number of aromatic amines is 2. The summed E-state index contributed by atoms with van der Waals surface area (Å²) in [5, 5.41) is 0. The first-order valence-corrected chi connectivity index (χ1v) is 2.99. The lowest BCUT2D eigenvalue weighted by Crippen LogP contribution is -1.63. The minimum Gasteiger partial charge on any atom is -0.360 e. The van der Waals surface area contributed by atoms with Crippen LogP contribution in [0, 0.1) is 6.92 Å². The first kappa shape index (κ1) is 4.68. The molecule has 0 spiro atoms. The van der Waals surface area contributed by atoms with E-state index < -0.39 is 0 Å². The molecule has 0 aliphatic heterocycles. The van der Waals surface area contributed by atoms with E-state index in [1.54, 1.807) is 0 Å². The van der Waals surface area contributed by atoms with Crippen LogP contribution >= 0.6 is 0 Å². The number of hydrogen-bond acceptors (Lipinski definition) is 0. The third-order valence-corrected chi connectivity index (χ3v) is 1.47. The van der Waals surface area contributed by atoms with E-state index in [4.69, 9.17) is 0 Å². The lowest BCUT2D eigenvalue weighted by Gasteiger charge is -1.74. The summed E-state index contributed by atoms with van der Waals surface area (Å²) in [5.74, 6) is 0. The molecular weight excluding hydrogens is 112 g/mol. The predicted molar refractivity (Wildman–Crippen MR) is 37.4 cm³/mol. The molecule has 0 aliphatic rings. The summed E-state index contributed by atoms with van der Waals surface area (Å²) in [6, 6.07) is 4.12. The predicted octanol–water partition coefficient (Wildman–Crippen LogP) is 1.80. The van der Waals surface area contributed by atoms with Crippen molar-refractivity contribution in [3.8, 4) is 0 Å². The molecule has 2 aromatic heterocycles. The number of hydrogen-bond donors (Lipinski definition) is 2. The van der Waals surface area contributed by atoms with Crippen LogP contribution in [0.3, 0.4) is 0 Å². The van der Waals surface area contributed by atoms with Crippen LogP contribution < -0.4 is 0 Å². The van der Waals surface area contributed by atoms with Crippen LogP contribution in [-0.4, -0.2) is 9.97 Å². The normalized spacial score (nSPS) is 10.8. The SMILES string of the molecule is Cc1cc2[nH]ccc2[nH]1. The second-order valence-corrected chi connectivity index (χ2v) is 2.26. The number of aromatic nitrogens is 2. The van der Waals surface area contributed by atoms with Crippen LogP contribution in [-0.2, 0) is 0 Å². The van der Waals surface area contributed by atoms with Gasteiger partial charge >= 0.3 is 0 Å². The Morgan fingerprint density at radius 3 is 3.00 bits per heavy atom. The van der Waals surface area contributed by atoms with Gasteiger partial charge < -0.3 is 9.97 Å². The van der Waals surface area contributed by atoms with Crippen molar-refractivity contribution < 1.29 is 0 Å². The molecule has 9 heavy (non-hydrogen) atoms. The second kappa shape index (κ2) is 1.41. The highest BCUT2D eigenvalue weighted by atomic mass is 14.8. The number of aryl methyl sites for hydroxylation is 1. The molecule has 0 fully saturated rings. The van der Waals surface area contributed by atoms with Crippen molar-refractivity contribution in [1.29, 1.82) is 0 Å². The third-order valence-electron chi connectivity index (χ3n) is 1.47. The molecule has 0 aliphatic carbocycles. The zero-order valence-electron chi connectivity index (χ0n) is 5.23. The van der Waals surface area contributed by atoms with E-state index >= 15 is 0 Å². The van der Waals surface area contributed by atoms with Crippen molar-refractivity contribution in [2.45, 2.75) is 6.92 Å². The molecule has 0 unspecified atom stereocenters. The largest absolute Gasteiger partial charge is 0.360 e. The zero-order chi connectivity index (χ0) is 6.27. The Balaban J connectivity index is 2.92. The first-order chi connectivity index (χ1) is 4.36. The lowest BCUT2D eigenvalue weighted by atomic mass is 10.4. The van der Waals surface area contributed by atoms with E-state index in [1.807, 2.05) is 19.2 Å². The highest BCUT2D eigenvalue weighted by Crippen LogP contribution is 2.10. The lowest BCUT2D eigenvalue weighted by molar-refractivity contribution is 1.30. The molecule has 2 heterocycles.